The number of sulfonamides is 1. The Morgan fingerprint density at radius 1 is 1.00 bits per heavy atom. The fourth-order valence-corrected chi connectivity index (χ4v) is 3.17. The third-order valence-corrected chi connectivity index (χ3v) is 4.36. The lowest BCUT2D eigenvalue weighted by Gasteiger charge is -2.11. The van der Waals surface area contributed by atoms with Crippen LogP contribution in [-0.2, 0) is 10.0 Å². The van der Waals surface area contributed by atoms with Gasteiger partial charge in [0.2, 0.25) is 0 Å². The van der Waals surface area contributed by atoms with Gasteiger partial charge in [-0.3, -0.25) is 4.72 Å². The van der Waals surface area contributed by atoms with Crippen molar-refractivity contribution >= 4 is 27.3 Å². The van der Waals surface area contributed by atoms with Crippen LogP contribution in [0.3, 0.4) is 0 Å². The number of anilines is 1. The molecule has 3 nitrogen and oxygen atoms in total. The normalized spacial score (nSPS) is 11.2. The van der Waals surface area contributed by atoms with Crippen LogP contribution in [0.1, 0.15) is 5.56 Å². The van der Waals surface area contributed by atoms with Crippen LogP contribution in [-0.4, -0.2) is 8.42 Å². The Kier molecular flexibility index (Phi) is 3.59. The van der Waals surface area contributed by atoms with Crippen LogP contribution < -0.4 is 4.72 Å². The van der Waals surface area contributed by atoms with Crippen molar-refractivity contribution in [2.75, 3.05) is 4.72 Å². The van der Waals surface area contributed by atoms with Gasteiger partial charge in [0.05, 0.1) is 15.6 Å². The second-order valence-electron chi connectivity index (χ2n) is 3.85. The molecule has 0 fully saturated rings. The van der Waals surface area contributed by atoms with E-state index in [1.54, 1.807) is 55.5 Å². The van der Waals surface area contributed by atoms with Crippen molar-refractivity contribution in [2.45, 2.75) is 11.8 Å². The van der Waals surface area contributed by atoms with Crippen LogP contribution in [0.25, 0.3) is 0 Å². The Balaban J connectivity index is 2.40. The minimum absolute atomic E-state index is 0.255. The van der Waals surface area contributed by atoms with E-state index < -0.39 is 10.0 Å². The summed E-state index contributed by atoms with van der Waals surface area (Å²) in [6.07, 6.45) is 0. The molecule has 0 radical (unpaired) electrons. The first-order valence-corrected chi connectivity index (χ1v) is 7.20. The standard InChI is InChI=1S/C13H12ClNO2S/c1-10-6-2-5-9-13(10)18(16,17)15-12-8-4-3-7-11(12)14/h2-9,15H,1H3. The number of hydrogen-bond acceptors (Lipinski definition) is 2. The van der Waals surface area contributed by atoms with Gasteiger partial charge in [0, 0.05) is 0 Å². The third-order valence-electron chi connectivity index (χ3n) is 2.50. The van der Waals surface area contributed by atoms with E-state index in [2.05, 4.69) is 4.72 Å². The van der Waals surface area contributed by atoms with E-state index in [9.17, 15) is 8.42 Å². The summed E-state index contributed by atoms with van der Waals surface area (Å²) in [6, 6.07) is 13.5. The van der Waals surface area contributed by atoms with Crippen molar-refractivity contribution in [3.8, 4) is 0 Å². The van der Waals surface area contributed by atoms with Crippen LogP contribution in [0.15, 0.2) is 53.4 Å². The van der Waals surface area contributed by atoms with Crippen LogP contribution in [0.5, 0.6) is 0 Å². The van der Waals surface area contributed by atoms with Crippen molar-refractivity contribution in [2.24, 2.45) is 0 Å². The number of halogens is 1. The number of hydrogen-bond donors (Lipinski definition) is 1. The van der Waals surface area contributed by atoms with E-state index in [0.29, 0.717) is 16.3 Å². The van der Waals surface area contributed by atoms with E-state index in [1.807, 2.05) is 0 Å². The minimum atomic E-state index is -3.60. The highest BCUT2D eigenvalue weighted by molar-refractivity contribution is 7.92. The highest BCUT2D eigenvalue weighted by atomic mass is 35.5. The zero-order valence-electron chi connectivity index (χ0n) is 9.72. The summed E-state index contributed by atoms with van der Waals surface area (Å²) in [6.45, 7) is 1.75. The molecule has 0 bridgehead atoms. The van der Waals surface area contributed by atoms with E-state index in [4.69, 9.17) is 11.6 Å². The first-order valence-electron chi connectivity index (χ1n) is 5.34. The van der Waals surface area contributed by atoms with Crippen LogP contribution in [0, 0.1) is 6.92 Å². The summed E-state index contributed by atoms with van der Waals surface area (Å²) in [5.74, 6) is 0. The van der Waals surface area contributed by atoms with Gasteiger partial charge < -0.3 is 0 Å². The Morgan fingerprint density at radius 3 is 2.28 bits per heavy atom. The summed E-state index contributed by atoms with van der Waals surface area (Å²) in [4.78, 5) is 0.255. The summed E-state index contributed by atoms with van der Waals surface area (Å²) in [5, 5.41) is 0.370. The van der Waals surface area contributed by atoms with Gasteiger partial charge in [-0.1, -0.05) is 41.9 Å². The molecule has 0 heterocycles. The minimum Gasteiger partial charge on any atom is -0.278 e. The molecule has 94 valence electrons. The van der Waals surface area contributed by atoms with Gasteiger partial charge in [-0.15, -0.1) is 0 Å². The molecule has 0 aliphatic rings. The van der Waals surface area contributed by atoms with Gasteiger partial charge in [-0.05, 0) is 30.7 Å². The van der Waals surface area contributed by atoms with Gasteiger partial charge in [0.25, 0.3) is 10.0 Å². The summed E-state index contributed by atoms with van der Waals surface area (Å²) in [7, 11) is -3.60. The Morgan fingerprint density at radius 2 is 1.61 bits per heavy atom. The lowest BCUT2D eigenvalue weighted by Crippen LogP contribution is -2.14. The largest absolute Gasteiger partial charge is 0.278 e. The smallest absolute Gasteiger partial charge is 0.262 e. The molecular formula is C13H12ClNO2S. The number of rotatable bonds is 3. The quantitative estimate of drug-likeness (QED) is 0.937. The average molecular weight is 282 g/mol. The monoisotopic (exact) mass is 281 g/mol. The molecule has 0 amide bonds. The Bertz CT molecular complexity index is 668. The molecule has 0 aliphatic heterocycles. The molecule has 2 rings (SSSR count). The molecule has 0 atom stereocenters. The van der Waals surface area contributed by atoms with Crippen LogP contribution >= 0.6 is 11.6 Å². The van der Waals surface area contributed by atoms with Gasteiger partial charge in [-0.2, -0.15) is 0 Å². The van der Waals surface area contributed by atoms with E-state index in [0.717, 1.165) is 0 Å². The second kappa shape index (κ2) is 5.00. The molecule has 0 saturated carbocycles. The number of benzene rings is 2. The third kappa shape index (κ3) is 2.66. The van der Waals surface area contributed by atoms with Crippen LogP contribution in [0.2, 0.25) is 5.02 Å². The maximum Gasteiger partial charge on any atom is 0.262 e. The molecule has 1 N–H and O–H groups in total. The molecule has 0 spiro atoms. The zero-order valence-corrected chi connectivity index (χ0v) is 11.3. The number of nitrogens with one attached hydrogen (secondary N) is 1. The summed E-state index contributed by atoms with van der Waals surface area (Å²) in [5.41, 5.74) is 1.07. The predicted octanol–water partition coefficient (Wildman–Crippen LogP) is 3.45. The summed E-state index contributed by atoms with van der Waals surface area (Å²) < 4.78 is 26.9. The molecule has 0 aliphatic carbocycles. The first kappa shape index (κ1) is 12.9. The van der Waals surface area contributed by atoms with E-state index in [1.165, 1.54) is 0 Å². The SMILES string of the molecule is Cc1ccccc1S(=O)(=O)Nc1ccccc1Cl. The van der Waals surface area contributed by atoms with Gasteiger partial charge in [0.1, 0.15) is 0 Å². The molecule has 0 aromatic heterocycles. The lowest BCUT2D eigenvalue weighted by molar-refractivity contribution is 0.600. The van der Waals surface area contributed by atoms with Gasteiger partial charge in [-0.25, -0.2) is 8.42 Å². The van der Waals surface area contributed by atoms with Crippen molar-refractivity contribution in [3.63, 3.8) is 0 Å². The van der Waals surface area contributed by atoms with Crippen LogP contribution in [0.4, 0.5) is 5.69 Å². The number of para-hydroxylation sites is 1. The highest BCUT2D eigenvalue weighted by Gasteiger charge is 2.17. The predicted molar refractivity (Wildman–Crippen MR) is 73.4 cm³/mol. The van der Waals surface area contributed by atoms with Gasteiger partial charge in [0.15, 0.2) is 0 Å². The van der Waals surface area contributed by atoms with E-state index in [-0.39, 0.29) is 4.90 Å². The maximum atomic E-state index is 12.2. The average Bonchev–Trinajstić information content (AvgIpc) is 2.32. The zero-order chi connectivity index (χ0) is 13.2. The lowest BCUT2D eigenvalue weighted by atomic mass is 10.2. The molecule has 18 heavy (non-hydrogen) atoms. The molecule has 2 aromatic rings. The molecule has 0 unspecified atom stereocenters. The topological polar surface area (TPSA) is 46.2 Å². The molecular weight excluding hydrogens is 270 g/mol. The molecule has 0 saturated heterocycles. The molecule has 5 heteroatoms. The summed E-state index contributed by atoms with van der Waals surface area (Å²) >= 11 is 5.93. The van der Waals surface area contributed by atoms with Crippen molar-refractivity contribution in [1.82, 2.24) is 0 Å². The van der Waals surface area contributed by atoms with Crippen molar-refractivity contribution in [3.05, 3.63) is 59.1 Å². The Labute approximate surface area is 111 Å². The van der Waals surface area contributed by atoms with Crippen molar-refractivity contribution < 1.29 is 8.42 Å². The van der Waals surface area contributed by atoms with Crippen molar-refractivity contribution in [1.29, 1.82) is 0 Å². The van der Waals surface area contributed by atoms with E-state index >= 15 is 0 Å². The number of aryl methyl sites for hydroxylation is 1. The van der Waals surface area contributed by atoms with Gasteiger partial charge >= 0.3 is 0 Å². The fraction of sp³-hybridized carbons (Fsp3) is 0.0769. The fourth-order valence-electron chi connectivity index (χ4n) is 1.60. The first-order chi connectivity index (χ1) is 8.50. The Hall–Kier alpha value is -1.52. The highest BCUT2D eigenvalue weighted by Crippen LogP contribution is 2.24. The second-order valence-corrected chi connectivity index (χ2v) is 5.91. The maximum absolute atomic E-state index is 12.2. The molecule has 2 aromatic carbocycles.